The number of hydrogen-bond acceptors (Lipinski definition) is 5. The number of anilines is 2. The normalized spacial score (nSPS) is 9.69. The molecule has 5 heteroatoms. The molecule has 0 atom stereocenters. The molecule has 2 N–H and O–H groups in total. The van der Waals surface area contributed by atoms with Crippen molar-refractivity contribution in [2.24, 2.45) is 0 Å². The number of thiophene rings is 1. The first kappa shape index (κ1) is 10.2. The van der Waals surface area contributed by atoms with Gasteiger partial charge in [0.05, 0.1) is 10.6 Å². The zero-order valence-electron chi connectivity index (χ0n) is 7.79. The second-order valence-electron chi connectivity index (χ2n) is 2.69. The van der Waals surface area contributed by atoms with Gasteiger partial charge in [0.15, 0.2) is 0 Å². The van der Waals surface area contributed by atoms with Crippen molar-refractivity contribution in [3.05, 3.63) is 4.88 Å². The zero-order valence-corrected chi connectivity index (χ0v) is 9.42. The summed E-state index contributed by atoms with van der Waals surface area (Å²) in [7, 11) is 3.90. The van der Waals surface area contributed by atoms with Gasteiger partial charge in [-0.05, 0) is 6.26 Å². The van der Waals surface area contributed by atoms with Gasteiger partial charge in [-0.1, -0.05) is 0 Å². The number of nitrogens with zero attached hydrogens (tertiary/aromatic N) is 2. The summed E-state index contributed by atoms with van der Waals surface area (Å²) in [6, 6.07) is 2.10. The van der Waals surface area contributed by atoms with E-state index in [9.17, 15) is 0 Å². The standard InChI is InChI=1S/C8H11N3S2/c1-11(2)8-7(12-3)6(10)5(4-9)13-8/h10H2,1-3H3. The van der Waals surface area contributed by atoms with Crippen LogP contribution in [-0.2, 0) is 0 Å². The number of nitrogen functional groups attached to an aromatic ring is 1. The van der Waals surface area contributed by atoms with E-state index in [4.69, 9.17) is 11.0 Å². The third-order valence-corrected chi connectivity index (χ3v) is 3.82. The lowest BCUT2D eigenvalue weighted by Gasteiger charge is -2.10. The maximum absolute atomic E-state index is 8.79. The monoisotopic (exact) mass is 213 g/mol. The summed E-state index contributed by atoms with van der Waals surface area (Å²) in [5.74, 6) is 0. The number of nitrogens with two attached hydrogens (primary N) is 1. The average molecular weight is 213 g/mol. The molecule has 70 valence electrons. The molecule has 0 aliphatic heterocycles. The van der Waals surface area contributed by atoms with E-state index in [0.29, 0.717) is 10.6 Å². The summed E-state index contributed by atoms with van der Waals surface area (Å²) in [6.45, 7) is 0. The maximum Gasteiger partial charge on any atom is 0.131 e. The molecule has 0 spiro atoms. The lowest BCUT2D eigenvalue weighted by molar-refractivity contribution is 1.13. The van der Waals surface area contributed by atoms with Crippen molar-refractivity contribution >= 4 is 33.8 Å². The van der Waals surface area contributed by atoms with Crippen LogP contribution < -0.4 is 10.6 Å². The van der Waals surface area contributed by atoms with Crippen molar-refractivity contribution in [3.63, 3.8) is 0 Å². The molecule has 0 aliphatic rings. The molecule has 0 aliphatic carbocycles. The number of nitriles is 1. The first-order valence-corrected chi connectivity index (χ1v) is 5.69. The smallest absolute Gasteiger partial charge is 0.131 e. The molecule has 13 heavy (non-hydrogen) atoms. The molecular formula is C8H11N3S2. The average Bonchev–Trinajstić information content (AvgIpc) is 2.42. The van der Waals surface area contributed by atoms with Crippen molar-refractivity contribution in [2.75, 3.05) is 31.0 Å². The van der Waals surface area contributed by atoms with Crippen LogP contribution in [-0.4, -0.2) is 20.4 Å². The van der Waals surface area contributed by atoms with Gasteiger partial charge in [0.1, 0.15) is 15.9 Å². The minimum atomic E-state index is 0.605. The molecule has 1 rings (SSSR count). The van der Waals surface area contributed by atoms with Crippen molar-refractivity contribution in [1.29, 1.82) is 5.26 Å². The third kappa shape index (κ3) is 1.74. The molecule has 0 bridgehead atoms. The van der Waals surface area contributed by atoms with Gasteiger partial charge in [-0.3, -0.25) is 0 Å². The molecular weight excluding hydrogens is 202 g/mol. The summed E-state index contributed by atoms with van der Waals surface area (Å²) >= 11 is 3.02. The Balaban J connectivity index is 3.29. The zero-order chi connectivity index (χ0) is 10.0. The summed E-state index contributed by atoms with van der Waals surface area (Å²) in [6.07, 6.45) is 1.96. The largest absolute Gasteiger partial charge is 0.396 e. The Morgan fingerprint density at radius 3 is 2.46 bits per heavy atom. The molecule has 0 saturated heterocycles. The van der Waals surface area contributed by atoms with Gasteiger partial charge in [0.25, 0.3) is 0 Å². The van der Waals surface area contributed by atoms with Crippen LogP contribution in [0, 0.1) is 11.3 Å². The van der Waals surface area contributed by atoms with Crippen molar-refractivity contribution in [2.45, 2.75) is 4.90 Å². The highest BCUT2D eigenvalue weighted by molar-refractivity contribution is 7.99. The minimum absolute atomic E-state index is 0.605. The first-order chi connectivity index (χ1) is 6.11. The summed E-state index contributed by atoms with van der Waals surface area (Å²) < 4.78 is 0. The van der Waals surface area contributed by atoms with Gasteiger partial charge in [0.2, 0.25) is 0 Å². The Bertz CT molecular complexity index is 349. The molecule has 1 heterocycles. The summed E-state index contributed by atoms with van der Waals surface area (Å²) in [5, 5.41) is 9.84. The van der Waals surface area contributed by atoms with Crippen LogP contribution in [0.15, 0.2) is 4.90 Å². The molecule has 0 saturated carbocycles. The van der Waals surface area contributed by atoms with Crippen molar-refractivity contribution in [1.82, 2.24) is 0 Å². The molecule has 3 nitrogen and oxygen atoms in total. The van der Waals surface area contributed by atoms with E-state index in [-0.39, 0.29) is 0 Å². The fourth-order valence-corrected chi connectivity index (χ4v) is 2.95. The first-order valence-electron chi connectivity index (χ1n) is 3.65. The summed E-state index contributed by atoms with van der Waals surface area (Å²) in [4.78, 5) is 3.59. The Kier molecular flexibility index (Phi) is 3.07. The minimum Gasteiger partial charge on any atom is -0.396 e. The number of hydrogen-bond donors (Lipinski definition) is 1. The predicted molar refractivity (Wildman–Crippen MR) is 59.6 cm³/mol. The van der Waals surface area contributed by atoms with Crippen LogP contribution in [0.1, 0.15) is 4.88 Å². The van der Waals surface area contributed by atoms with Gasteiger partial charge in [0, 0.05) is 14.1 Å². The highest BCUT2D eigenvalue weighted by Gasteiger charge is 2.15. The van der Waals surface area contributed by atoms with Crippen LogP contribution in [0.4, 0.5) is 10.7 Å². The van der Waals surface area contributed by atoms with Crippen LogP contribution >= 0.6 is 23.1 Å². The van der Waals surface area contributed by atoms with E-state index in [1.54, 1.807) is 11.8 Å². The van der Waals surface area contributed by atoms with Gasteiger partial charge in [-0.2, -0.15) is 5.26 Å². The second-order valence-corrected chi connectivity index (χ2v) is 4.51. The molecule has 0 aromatic carbocycles. The van der Waals surface area contributed by atoms with Crippen LogP contribution in [0.5, 0.6) is 0 Å². The lowest BCUT2D eigenvalue weighted by Crippen LogP contribution is -2.07. The van der Waals surface area contributed by atoms with Gasteiger partial charge in [-0.15, -0.1) is 23.1 Å². The molecule has 0 amide bonds. The highest BCUT2D eigenvalue weighted by atomic mass is 32.2. The van der Waals surface area contributed by atoms with E-state index < -0.39 is 0 Å². The van der Waals surface area contributed by atoms with Crippen molar-refractivity contribution < 1.29 is 0 Å². The van der Waals surface area contributed by atoms with E-state index in [1.165, 1.54) is 11.3 Å². The SMILES string of the molecule is CSc1c(N(C)C)sc(C#N)c1N. The van der Waals surface area contributed by atoms with Crippen molar-refractivity contribution in [3.8, 4) is 6.07 Å². The third-order valence-electron chi connectivity index (χ3n) is 1.59. The fourth-order valence-electron chi connectivity index (χ4n) is 0.991. The Morgan fingerprint density at radius 2 is 2.15 bits per heavy atom. The fraction of sp³-hybridized carbons (Fsp3) is 0.375. The molecule has 0 fully saturated rings. The Labute approximate surface area is 86.1 Å². The lowest BCUT2D eigenvalue weighted by atomic mass is 10.4. The molecule has 1 aromatic heterocycles. The number of thioether (sulfide) groups is 1. The van der Waals surface area contributed by atoms with Gasteiger partial charge < -0.3 is 10.6 Å². The van der Waals surface area contributed by atoms with Crippen LogP contribution in [0.3, 0.4) is 0 Å². The maximum atomic E-state index is 8.79. The summed E-state index contributed by atoms with van der Waals surface area (Å²) in [5.41, 5.74) is 6.42. The van der Waals surface area contributed by atoms with Crippen LogP contribution in [0.2, 0.25) is 0 Å². The second kappa shape index (κ2) is 3.90. The van der Waals surface area contributed by atoms with Gasteiger partial charge in [-0.25, -0.2) is 0 Å². The Morgan fingerprint density at radius 1 is 1.54 bits per heavy atom. The van der Waals surface area contributed by atoms with Crippen LogP contribution in [0.25, 0.3) is 0 Å². The quantitative estimate of drug-likeness (QED) is 0.763. The Hall–Kier alpha value is -0.860. The predicted octanol–water partition coefficient (Wildman–Crippen LogP) is 1.99. The molecule has 0 unspecified atom stereocenters. The van der Waals surface area contributed by atoms with E-state index >= 15 is 0 Å². The van der Waals surface area contributed by atoms with E-state index in [0.717, 1.165) is 9.90 Å². The molecule has 1 aromatic rings. The molecule has 0 radical (unpaired) electrons. The highest BCUT2D eigenvalue weighted by Crippen LogP contribution is 2.42. The van der Waals surface area contributed by atoms with Gasteiger partial charge >= 0.3 is 0 Å². The number of rotatable bonds is 2. The van der Waals surface area contributed by atoms with E-state index in [1.807, 2.05) is 25.3 Å². The topological polar surface area (TPSA) is 53.0 Å². The van der Waals surface area contributed by atoms with E-state index in [2.05, 4.69) is 6.07 Å².